The predicted octanol–water partition coefficient (Wildman–Crippen LogP) is 14.8. The van der Waals surface area contributed by atoms with E-state index in [2.05, 4.69) is 217 Å². The monoisotopic (exact) mass is 673 g/mol. The van der Waals surface area contributed by atoms with Gasteiger partial charge in [-0.1, -0.05) is 176 Å². The Labute approximate surface area is 309 Å². The van der Waals surface area contributed by atoms with Gasteiger partial charge in [0.1, 0.15) is 0 Å². The van der Waals surface area contributed by atoms with Crippen molar-refractivity contribution in [3.63, 3.8) is 0 Å². The Bertz CT molecular complexity index is 2840. The molecule has 0 bridgehead atoms. The molecule has 0 saturated carbocycles. The van der Waals surface area contributed by atoms with Crippen LogP contribution in [-0.2, 0) is 0 Å². The maximum Gasteiger partial charge on any atom is 0.0540 e. The molecule has 10 aromatic carbocycles. The minimum atomic E-state index is 1.10. The van der Waals surface area contributed by atoms with Gasteiger partial charge in [0.2, 0.25) is 0 Å². The summed E-state index contributed by atoms with van der Waals surface area (Å²) in [5.41, 5.74) is 10.5. The van der Waals surface area contributed by atoms with Crippen molar-refractivity contribution in [3.8, 4) is 33.4 Å². The Hall–Kier alpha value is -6.96. The molecule has 0 radical (unpaired) electrons. The second kappa shape index (κ2) is 13.0. The first-order chi connectivity index (χ1) is 26.3. The molecule has 0 unspecified atom stereocenters. The molecule has 0 saturated heterocycles. The van der Waals surface area contributed by atoms with Crippen molar-refractivity contribution >= 4 is 60.2 Å². The van der Waals surface area contributed by atoms with Gasteiger partial charge in [0.15, 0.2) is 0 Å². The van der Waals surface area contributed by atoms with Crippen LogP contribution < -0.4 is 4.90 Å². The highest BCUT2D eigenvalue weighted by Gasteiger charge is 2.20. The number of anilines is 3. The van der Waals surface area contributed by atoms with Crippen molar-refractivity contribution in [1.82, 2.24) is 0 Å². The van der Waals surface area contributed by atoms with Crippen LogP contribution in [0.5, 0.6) is 0 Å². The van der Waals surface area contributed by atoms with Gasteiger partial charge in [-0.05, 0) is 107 Å². The Morgan fingerprint density at radius 3 is 1.21 bits per heavy atom. The van der Waals surface area contributed by atoms with Crippen LogP contribution in [0.15, 0.2) is 212 Å². The first-order valence-electron chi connectivity index (χ1n) is 18.3. The van der Waals surface area contributed by atoms with Gasteiger partial charge in [0.25, 0.3) is 0 Å². The molecule has 0 aliphatic carbocycles. The molecule has 0 fully saturated rings. The molecule has 0 amide bonds. The molecule has 10 rings (SSSR count). The zero-order valence-electron chi connectivity index (χ0n) is 29.2. The number of rotatable bonds is 6. The van der Waals surface area contributed by atoms with Crippen LogP contribution in [0.2, 0.25) is 0 Å². The average molecular weight is 674 g/mol. The van der Waals surface area contributed by atoms with E-state index in [1.54, 1.807) is 0 Å². The molecule has 0 atom stereocenters. The zero-order chi connectivity index (χ0) is 35.1. The van der Waals surface area contributed by atoms with E-state index >= 15 is 0 Å². The second-order valence-electron chi connectivity index (χ2n) is 13.7. The van der Waals surface area contributed by atoms with Crippen molar-refractivity contribution in [1.29, 1.82) is 0 Å². The lowest BCUT2D eigenvalue weighted by Gasteiger charge is -2.29. The summed E-state index contributed by atoms with van der Waals surface area (Å²) in [4.78, 5) is 2.47. The summed E-state index contributed by atoms with van der Waals surface area (Å²) in [5, 5.41) is 10.0. The fourth-order valence-electron chi connectivity index (χ4n) is 8.14. The minimum absolute atomic E-state index is 1.10. The van der Waals surface area contributed by atoms with E-state index in [0.717, 1.165) is 17.1 Å². The zero-order valence-corrected chi connectivity index (χ0v) is 29.2. The first kappa shape index (κ1) is 30.8. The highest BCUT2D eigenvalue weighted by atomic mass is 15.1. The Morgan fingerprint density at radius 2 is 0.660 bits per heavy atom. The van der Waals surface area contributed by atoms with Crippen molar-refractivity contribution in [2.75, 3.05) is 4.90 Å². The Morgan fingerprint density at radius 1 is 0.226 bits per heavy atom. The van der Waals surface area contributed by atoms with Gasteiger partial charge in [-0.3, -0.25) is 0 Å². The lowest BCUT2D eigenvalue weighted by molar-refractivity contribution is 1.30. The third-order valence-electron chi connectivity index (χ3n) is 10.6. The summed E-state index contributed by atoms with van der Waals surface area (Å²) < 4.78 is 0. The van der Waals surface area contributed by atoms with Crippen molar-refractivity contribution in [2.24, 2.45) is 0 Å². The quantitative estimate of drug-likeness (QED) is 0.159. The molecule has 0 aliphatic heterocycles. The van der Waals surface area contributed by atoms with Gasteiger partial charge in [0.05, 0.1) is 5.69 Å². The Kier molecular flexibility index (Phi) is 7.55. The molecule has 10 aromatic rings. The van der Waals surface area contributed by atoms with Crippen LogP contribution in [0.3, 0.4) is 0 Å². The van der Waals surface area contributed by atoms with Gasteiger partial charge in [-0.25, -0.2) is 0 Å². The fourth-order valence-corrected chi connectivity index (χ4v) is 8.14. The highest BCUT2D eigenvalue weighted by molar-refractivity contribution is 6.26. The average Bonchev–Trinajstić information content (AvgIpc) is 3.25. The molecule has 0 heterocycles. The lowest BCUT2D eigenvalue weighted by atomic mass is 9.93. The molecular formula is C52H35N. The normalized spacial score (nSPS) is 11.4. The van der Waals surface area contributed by atoms with Gasteiger partial charge >= 0.3 is 0 Å². The van der Waals surface area contributed by atoms with E-state index in [1.165, 1.54) is 76.5 Å². The van der Waals surface area contributed by atoms with Crippen LogP contribution in [0.25, 0.3) is 76.5 Å². The van der Waals surface area contributed by atoms with E-state index < -0.39 is 0 Å². The number of fused-ring (bicyclic) bond motifs is 7. The van der Waals surface area contributed by atoms with Crippen LogP contribution in [0.4, 0.5) is 17.1 Å². The number of nitrogens with zero attached hydrogens (tertiary/aromatic N) is 1. The van der Waals surface area contributed by atoms with Crippen LogP contribution in [0, 0.1) is 0 Å². The second-order valence-corrected chi connectivity index (χ2v) is 13.7. The summed E-state index contributed by atoms with van der Waals surface area (Å²) in [6, 6.07) is 77.3. The fraction of sp³-hybridized carbons (Fsp3) is 0. The van der Waals surface area contributed by atoms with Crippen LogP contribution >= 0.6 is 0 Å². The van der Waals surface area contributed by atoms with E-state index in [0.29, 0.717) is 0 Å². The van der Waals surface area contributed by atoms with Crippen molar-refractivity contribution in [3.05, 3.63) is 212 Å². The number of hydrogen-bond donors (Lipinski definition) is 0. The van der Waals surface area contributed by atoms with Crippen LogP contribution in [0.1, 0.15) is 0 Å². The maximum absolute atomic E-state index is 2.47. The molecule has 0 N–H and O–H groups in total. The standard InChI is InChI=1S/C52H35N/c1-4-16-36(17-5-1)39-32-40(37-18-6-2-7-19-37)34-42(33-39)53(52-31-30-43(38-20-8-3-9-21-38)44-22-14-15-27-50(44)52)41-28-29-49-47-25-11-10-23-45(47)46-24-12-13-26-48(46)51(49)35-41/h1-35H. The summed E-state index contributed by atoms with van der Waals surface area (Å²) in [6.45, 7) is 0. The lowest BCUT2D eigenvalue weighted by Crippen LogP contribution is -2.11. The van der Waals surface area contributed by atoms with Crippen molar-refractivity contribution < 1.29 is 0 Å². The largest absolute Gasteiger partial charge is 0.310 e. The molecule has 0 aliphatic rings. The smallest absolute Gasteiger partial charge is 0.0540 e. The predicted molar refractivity (Wildman–Crippen MR) is 227 cm³/mol. The minimum Gasteiger partial charge on any atom is -0.310 e. The third-order valence-corrected chi connectivity index (χ3v) is 10.6. The van der Waals surface area contributed by atoms with E-state index in [9.17, 15) is 0 Å². The Balaban J connectivity index is 1.29. The summed E-state index contributed by atoms with van der Waals surface area (Å²) in [7, 11) is 0. The van der Waals surface area contributed by atoms with Gasteiger partial charge in [-0.2, -0.15) is 0 Å². The molecule has 0 spiro atoms. The summed E-state index contributed by atoms with van der Waals surface area (Å²) in [6.07, 6.45) is 0. The number of benzene rings is 10. The molecule has 53 heavy (non-hydrogen) atoms. The van der Waals surface area contributed by atoms with Gasteiger partial charge in [0, 0.05) is 16.8 Å². The first-order valence-corrected chi connectivity index (χ1v) is 18.3. The van der Waals surface area contributed by atoms with Crippen molar-refractivity contribution in [2.45, 2.75) is 0 Å². The molecule has 248 valence electrons. The van der Waals surface area contributed by atoms with Crippen LogP contribution in [-0.4, -0.2) is 0 Å². The number of hydrogen-bond acceptors (Lipinski definition) is 1. The van der Waals surface area contributed by atoms with E-state index in [4.69, 9.17) is 0 Å². The van der Waals surface area contributed by atoms with Gasteiger partial charge in [-0.15, -0.1) is 0 Å². The summed E-state index contributed by atoms with van der Waals surface area (Å²) in [5.74, 6) is 0. The maximum atomic E-state index is 2.47. The highest BCUT2D eigenvalue weighted by Crippen LogP contribution is 2.46. The molecular weight excluding hydrogens is 639 g/mol. The molecule has 1 nitrogen and oxygen atoms in total. The molecule has 1 heteroatoms. The topological polar surface area (TPSA) is 3.24 Å². The third kappa shape index (κ3) is 5.42. The van der Waals surface area contributed by atoms with E-state index in [-0.39, 0.29) is 0 Å². The van der Waals surface area contributed by atoms with Gasteiger partial charge < -0.3 is 4.90 Å². The molecule has 0 aromatic heterocycles. The SMILES string of the molecule is c1ccc(-c2cc(-c3ccccc3)cc(N(c3ccc4c5ccccc5c5ccccc5c4c3)c3ccc(-c4ccccc4)c4ccccc34)c2)cc1. The van der Waals surface area contributed by atoms with E-state index in [1.807, 2.05) is 0 Å². The summed E-state index contributed by atoms with van der Waals surface area (Å²) >= 11 is 0.